The van der Waals surface area contributed by atoms with Gasteiger partial charge in [-0.1, -0.05) is 127 Å². The fourth-order valence-corrected chi connectivity index (χ4v) is 7.60. The summed E-state index contributed by atoms with van der Waals surface area (Å²) in [6.07, 6.45) is -2.36. The number of rotatable bonds is 16. The first-order valence-electron chi connectivity index (χ1n) is 18.8. The second kappa shape index (κ2) is 17.4. The van der Waals surface area contributed by atoms with Gasteiger partial charge in [-0.15, -0.1) is 0 Å². The van der Waals surface area contributed by atoms with Gasteiger partial charge in [-0.25, -0.2) is 24.0 Å². The van der Waals surface area contributed by atoms with Crippen LogP contribution in [0.2, 0.25) is 0 Å². The molecule has 0 aromatic heterocycles. The number of ether oxygens (including phenoxy) is 3. The van der Waals surface area contributed by atoms with Crippen molar-refractivity contribution in [1.29, 1.82) is 0 Å². The molecule has 2 aliphatic rings. The van der Waals surface area contributed by atoms with Crippen LogP contribution < -0.4 is 16.0 Å². The molecule has 0 unspecified atom stereocenters. The molecular formula is C45H41N3O10. The van der Waals surface area contributed by atoms with Crippen LogP contribution in [0.25, 0.3) is 22.3 Å². The summed E-state index contributed by atoms with van der Waals surface area (Å²) in [5, 5.41) is 27.8. The van der Waals surface area contributed by atoms with E-state index in [1.165, 1.54) is 0 Å². The Morgan fingerprint density at radius 3 is 1.50 bits per heavy atom. The van der Waals surface area contributed by atoms with E-state index in [2.05, 4.69) is 16.0 Å². The number of nitrogens with one attached hydrogen (secondary N) is 3. The SMILES string of the molecule is O=C(N[C@@H](CCNC[C@](NC(=O)OCC1c2ccccc2-c2ccccc21)(C(=O)O)C(=O)OCc1ccccc1)C(=O)O)OCC1c2ccccc2-c2ccccc21. The molecule has 0 aliphatic heterocycles. The van der Waals surface area contributed by atoms with Gasteiger partial charge >= 0.3 is 30.1 Å². The number of alkyl carbamates (subject to hydrolysis) is 2. The van der Waals surface area contributed by atoms with Crippen LogP contribution in [0.4, 0.5) is 9.59 Å². The molecule has 13 heteroatoms. The standard InChI is InChI=1S/C45H41N3O10/c49-40(50)39(47-43(54)57-25-37-33-18-8-4-14-29(33)30-15-5-9-19-34(30)37)22-23-46-27-45(41(51)52,42(53)56-24-28-12-2-1-3-13-28)48-44(55)58-26-38-35-20-10-6-16-31(35)32-17-7-11-21-36(32)38/h1-21,37-39,46H,22-27H2,(H,47,54)(H,48,55)(H,49,50)(H,51,52)/t39-,45-/m0/s1. The summed E-state index contributed by atoms with van der Waals surface area (Å²) in [5.74, 6) is -4.95. The lowest BCUT2D eigenvalue weighted by Gasteiger charge is -2.29. The number of carboxylic acid groups (broad SMARTS) is 2. The molecule has 0 fully saturated rings. The smallest absolute Gasteiger partial charge is 0.408 e. The zero-order chi connectivity index (χ0) is 40.6. The van der Waals surface area contributed by atoms with E-state index in [-0.39, 0.29) is 44.6 Å². The number of esters is 1. The molecular weight excluding hydrogens is 743 g/mol. The summed E-state index contributed by atoms with van der Waals surface area (Å²) in [6, 6.07) is 38.1. The first kappa shape index (κ1) is 39.3. The molecule has 2 atom stereocenters. The van der Waals surface area contributed by atoms with E-state index in [9.17, 15) is 34.2 Å². The Morgan fingerprint density at radius 1 is 0.586 bits per heavy atom. The van der Waals surface area contributed by atoms with E-state index in [0.29, 0.717) is 5.56 Å². The van der Waals surface area contributed by atoms with Crippen molar-refractivity contribution in [3.05, 3.63) is 155 Å². The van der Waals surface area contributed by atoms with Gasteiger partial charge in [0.1, 0.15) is 25.9 Å². The fraction of sp³-hybridized carbons (Fsp3) is 0.222. The minimum Gasteiger partial charge on any atom is -0.480 e. The topological polar surface area (TPSA) is 190 Å². The summed E-state index contributed by atoms with van der Waals surface area (Å²) in [6.45, 7) is -1.38. The summed E-state index contributed by atoms with van der Waals surface area (Å²) in [5.41, 5.74) is 5.81. The molecule has 0 radical (unpaired) electrons. The van der Waals surface area contributed by atoms with Crippen molar-refractivity contribution >= 4 is 30.1 Å². The highest BCUT2D eigenvalue weighted by Gasteiger charge is 2.50. The van der Waals surface area contributed by atoms with E-state index in [1.54, 1.807) is 30.3 Å². The predicted octanol–water partition coefficient (Wildman–Crippen LogP) is 6.06. The molecule has 0 saturated heterocycles. The van der Waals surface area contributed by atoms with Gasteiger partial charge in [-0.3, -0.25) is 5.32 Å². The van der Waals surface area contributed by atoms with E-state index >= 15 is 0 Å². The van der Waals surface area contributed by atoms with Gasteiger partial charge < -0.3 is 35.1 Å². The van der Waals surface area contributed by atoms with Crippen LogP contribution in [0.5, 0.6) is 0 Å². The molecule has 0 bridgehead atoms. The first-order chi connectivity index (χ1) is 28.2. The van der Waals surface area contributed by atoms with Gasteiger partial charge in [0.05, 0.1) is 0 Å². The van der Waals surface area contributed by atoms with Crippen LogP contribution in [-0.4, -0.2) is 78.2 Å². The maximum atomic E-state index is 13.6. The Bertz CT molecular complexity index is 2240. The summed E-state index contributed by atoms with van der Waals surface area (Å²) < 4.78 is 16.5. The van der Waals surface area contributed by atoms with Crippen LogP contribution in [0, 0.1) is 0 Å². The van der Waals surface area contributed by atoms with Crippen LogP contribution in [0.15, 0.2) is 127 Å². The van der Waals surface area contributed by atoms with E-state index in [0.717, 1.165) is 44.5 Å². The second-order valence-electron chi connectivity index (χ2n) is 14.0. The lowest BCUT2D eigenvalue weighted by atomic mass is 9.98. The highest BCUT2D eigenvalue weighted by molar-refractivity contribution is 6.07. The van der Waals surface area contributed by atoms with Gasteiger partial charge in [-0.2, -0.15) is 0 Å². The van der Waals surface area contributed by atoms with E-state index in [4.69, 9.17) is 14.2 Å². The number of aliphatic carboxylic acids is 2. The molecule has 5 aromatic carbocycles. The van der Waals surface area contributed by atoms with Gasteiger partial charge in [0.2, 0.25) is 0 Å². The van der Waals surface area contributed by atoms with Crippen molar-refractivity contribution in [2.45, 2.75) is 36.4 Å². The maximum absolute atomic E-state index is 13.6. The third-order valence-electron chi connectivity index (χ3n) is 10.5. The Balaban J connectivity index is 0.989. The number of carboxylic acids is 2. The van der Waals surface area contributed by atoms with Crippen molar-refractivity contribution in [2.75, 3.05) is 26.3 Å². The first-order valence-corrected chi connectivity index (χ1v) is 18.8. The number of hydrogen-bond acceptors (Lipinski definition) is 9. The molecule has 2 amide bonds. The number of amides is 2. The minimum absolute atomic E-state index is 0.0296. The van der Waals surface area contributed by atoms with Crippen LogP contribution in [0.3, 0.4) is 0 Å². The molecule has 0 spiro atoms. The van der Waals surface area contributed by atoms with Crippen molar-refractivity contribution in [1.82, 2.24) is 16.0 Å². The highest BCUT2D eigenvalue weighted by atomic mass is 16.6. The van der Waals surface area contributed by atoms with Crippen LogP contribution >= 0.6 is 0 Å². The number of hydrogen-bond donors (Lipinski definition) is 5. The third kappa shape index (κ3) is 8.25. The molecule has 58 heavy (non-hydrogen) atoms. The molecule has 5 aromatic rings. The number of fused-ring (bicyclic) bond motifs is 6. The minimum atomic E-state index is -2.68. The predicted molar refractivity (Wildman–Crippen MR) is 212 cm³/mol. The van der Waals surface area contributed by atoms with Crippen molar-refractivity contribution in [3.63, 3.8) is 0 Å². The van der Waals surface area contributed by atoms with E-state index in [1.807, 2.05) is 97.1 Å². The Morgan fingerprint density at radius 2 is 1.03 bits per heavy atom. The van der Waals surface area contributed by atoms with Crippen LogP contribution in [0.1, 0.15) is 46.1 Å². The number of carbonyl (C=O) groups excluding carboxylic acids is 3. The highest BCUT2D eigenvalue weighted by Crippen LogP contribution is 2.45. The zero-order valence-corrected chi connectivity index (χ0v) is 31.3. The molecule has 13 nitrogen and oxygen atoms in total. The summed E-state index contributed by atoms with van der Waals surface area (Å²) >= 11 is 0. The van der Waals surface area contributed by atoms with Gasteiger partial charge in [0, 0.05) is 18.4 Å². The van der Waals surface area contributed by atoms with E-state index < -0.39 is 48.2 Å². The van der Waals surface area contributed by atoms with Gasteiger partial charge in [0.15, 0.2) is 0 Å². The molecule has 0 saturated carbocycles. The lowest BCUT2D eigenvalue weighted by molar-refractivity contribution is -0.163. The van der Waals surface area contributed by atoms with Gasteiger partial charge in [-0.05, 0) is 63.0 Å². The molecule has 2 aliphatic carbocycles. The average Bonchev–Trinajstić information content (AvgIpc) is 3.74. The van der Waals surface area contributed by atoms with Gasteiger partial charge in [0.25, 0.3) is 5.54 Å². The summed E-state index contributed by atoms with van der Waals surface area (Å²) in [7, 11) is 0. The molecule has 7 rings (SSSR count). The Labute approximate surface area is 334 Å². The average molecular weight is 784 g/mol. The second-order valence-corrected chi connectivity index (χ2v) is 14.0. The monoisotopic (exact) mass is 783 g/mol. The van der Waals surface area contributed by atoms with Crippen LogP contribution in [-0.2, 0) is 35.2 Å². The number of carbonyl (C=O) groups is 5. The van der Waals surface area contributed by atoms with Crippen molar-refractivity contribution in [3.8, 4) is 22.3 Å². The maximum Gasteiger partial charge on any atom is 0.408 e. The van der Waals surface area contributed by atoms with Crippen molar-refractivity contribution in [2.24, 2.45) is 0 Å². The Kier molecular flexibility index (Phi) is 11.8. The molecule has 296 valence electrons. The molecule has 5 N–H and O–H groups in total. The third-order valence-corrected chi connectivity index (χ3v) is 10.5. The lowest BCUT2D eigenvalue weighted by Crippen LogP contribution is -2.66. The number of benzene rings is 5. The largest absolute Gasteiger partial charge is 0.480 e. The quantitative estimate of drug-likeness (QED) is 0.0339. The zero-order valence-electron chi connectivity index (χ0n) is 31.3. The fourth-order valence-electron chi connectivity index (χ4n) is 7.60. The molecule has 0 heterocycles. The Hall–Kier alpha value is -6.99. The summed E-state index contributed by atoms with van der Waals surface area (Å²) in [4.78, 5) is 65.1. The normalized spacial score (nSPS) is 14.1. The van der Waals surface area contributed by atoms with Crippen molar-refractivity contribution < 1.29 is 48.4 Å².